The predicted octanol–water partition coefficient (Wildman–Crippen LogP) is 2.08. The number of rotatable bonds is 6. The molecule has 0 fully saturated rings. The fourth-order valence-electron chi connectivity index (χ4n) is 4.14. The third kappa shape index (κ3) is 3.95. The molecule has 1 aliphatic heterocycles. The Morgan fingerprint density at radius 2 is 1.94 bits per heavy atom. The Morgan fingerprint density at radius 3 is 2.66 bits per heavy atom. The highest BCUT2D eigenvalue weighted by atomic mass is 32.2. The SMILES string of the molecule is CCN(CC)S(=O)(=O)c1ccc(=O)n(CC(=O)N2CCc3[nH]c4ccc(F)cc4c3C2)c1. The first-order valence-electron chi connectivity index (χ1n) is 10.5. The topological polar surface area (TPSA) is 95.5 Å². The van der Waals surface area contributed by atoms with E-state index in [9.17, 15) is 22.4 Å². The van der Waals surface area contributed by atoms with Gasteiger partial charge in [-0.15, -0.1) is 0 Å². The van der Waals surface area contributed by atoms with Gasteiger partial charge in [0.1, 0.15) is 12.4 Å². The van der Waals surface area contributed by atoms with Crippen molar-refractivity contribution < 1.29 is 17.6 Å². The number of H-pyrrole nitrogens is 1. The fraction of sp³-hybridized carbons (Fsp3) is 0.364. The van der Waals surface area contributed by atoms with Crippen molar-refractivity contribution in [3.63, 3.8) is 0 Å². The van der Waals surface area contributed by atoms with Crippen molar-refractivity contribution in [2.45, 2.75) is 38.3 Å². The van der Waals surface area contributed by atoms with Crippen molar-refractivity contribution in [2.75, 3.05) is 19.6 Å². The van der Waals surface area contributed by atoms with E-state index in [4.69, 9.17) is 0 Å². The van der Waals surface area contributed by atoms with Crippen molar-refractivity contribution in [1.29, 1.82) is 0 Å². The molecule has 10 heteroatoms. The molecule has 2 aromatic heterocycles. The van der Waals surface area contributed by atoms with Gasteiger partial charge in [-0.05, 0) is 24.3 Å². The molecule has 170 valence electrons. The summed E-state index contributed by atoms with van der Waals surface area (Å²) in [7, 11) is -3.75. The Balaban J connectivity index is 1.58. The number of nitrogens with zero attached hydrogens (tertiary/aromatic N) is 3. The number of hydrogen-bond donors (Lipinski definition) is 1. The minimum atomic E-state index is -3.75. The number of hydrogen-bond acceptors (Lipinski definition) is 4. The summed E-state index contributed by atoms with van der Waals surface area (Å²) < 4.78 is 41.7. The Hall–Kier alpha value is -2.98. The van der Waals surface area contributed by atoms with E-state index >= 15 is 0 Å². The average molecular weight is 461 g/mol. The number of pyridine rings is 1. The van der Waals surface area contributed by atoms with E-state index in [0.29, 0.717) is 32.6 Å². The van der Waals surface area contributed by atoms with Crippen LogP contribution in [0.15, 0.2) is 46.2 Å². The highest BCUT2D eigenvalue weighted by Gasteiger charge is 2.26. The number of halogens is 1. The second kappa shape index (κ2) is 8.51. The van der Waals surface area contributed by atoms with Crippen molar-refractivity contribution in [1.82, 2.24) is 18.8 Å². The number of sulfonamides is 1. The zero-order valence-corrected chi connectivity index (χ0v) is 18.8. The normalized spacial score (nSPS) is 14.2. The van der Waals surface area contributed by atoms with E-state index in [0.717, 1.165) is 26.7 Å². The minimum absolute atomic E-state index is 0.0263. The number of fused-ring (bicyclic) bond motifs is 3. The summed E-state index contributed by atoms with van der Waals surface area (Å²) >= 11 is 0. The molecule has 4 rings (SSSR count). The molecule has 1 aromatic carbocycles. The number of carbonyl (C=O) groups excluding carboxylic acids is 1. The van der Waals surface area contributed by atoms with Crippen LogP contribution in [0.25, 0.3) is 10.9 Å². The number of carbonyl (C=O) groups is 1. The first-order valence-corrected chi connectivity index (χ1v) is 12.0. The van der Waals surface area contributed by atoms with E-state index in [1.54, 1.807) is 24.8 Å². The van der Waals surface area contributed by atoms with E-state index in [1.807, 2.05) is 0 Å². The van der Waals surface area contributed by atoms with Crippen LogP contribution in [0.3, 0.4) is 0 Å². The zero-order chi connectivity index (χ0) is 23.0. The van der Waals surface area contributed by atoms with Gasteiger partial charge >= 0.3 is 0 Å². The van der Waals surface area contributed by atoms with Crippen LogP contribution in [0.2, 0.25) is 0 Å². The van der Waals surface area contributed by atoms with Crippen molar-refractivity contribution in [2.24, 2.45) is 0 Å². The van der Waals surface area contributed by atoms with Crippen LogP contribution in [-0.4, -0.2) is 52.7 Å². The van der Waals surface area contributed by atoms with Crippen LogP contribution in [0.5, 0.6) is 0 Å². The molecule has 0 aliphatic carbocycles. The third-order valence-corrected chi connectivity index (χ3v) is 7.93. The van der Waals surface area contributed by atoms with Gasteiger partial charge in [0.15, 0.2) is 0 Å². The van der Waals surface area contributed by atoms with Crippen molar-refractivity contribution in [3.8, 4) is 0 Å². The quantitative estimate of drug-likeness (QED) is 0.609. The lowest BCUT2D eigenvalue weighted by molar-refractivity contribution is -0.132. The molecule has 3 aromatic rings. The second-order valence-corrected chi connectivity index (χ2v) is 9.70. The van der Waals surface area contributed by atoms with E-state index in [2.05, 4.69) is 4.98 Å². The summed E-state index contributed by atoms with van der Waals surface area (Å²) in [6.45, 7) is 4.56. The average Bonchev–Trinajstić information content (AvgIpc) is 3.12. The summed E-state index contributed by atoms with van der Waals surface area (Å²) in [6, 6.07) is 6.95. The first kappa shape index (κ1) is 22.2. The molecule has 0 saturated heterocycles. The van der Waals surface area contributed by atoms with E-state index in [-0.39, 0.29) is 23.2 Å². The Labute approximate surface area is 185 Å². The van der Waals surface area contributed by atoms with Crippen LogP contribution in [0, 0.1) is 5.82 Å². The number of nitrogens with one attached hydrogen (secondary N) is 1. The second-order valence-electron chi connectivity index (χ2n) is 7.76. The largest absolute Gasteiger partial charge is 0.358 e. The van der Waals surface area contributed by atoms with Crippen LogP contribution in [0.4, 0.5) is 4.39 Å². The highest BCUT2D eigenvalue weighted by Crippen LogP contribution is 2.28. The van der Waals surface area contributed by atoms with Crippen LogP contribution < -0.4 is 5.56 Å². The molecule has 1 amide bonds. The Bertz CT molecular complexity index is 1340. The fourth-order valence-corrected chi connectivity index (χ4v) is 5.62. The molecular formula is C22H25FN4O4S. The number of amides is 1. The molecule has 0 atom stereocenters. The molecule has 1 aliphatic rings. The standard InChI is InChI=1S/C22H25FN4O4S/c1-3-27(4-2)32(30,31)16-6-8-21(28)26(12-16)14-22(29)25-10-9-20-18(13-25)17-11-15(23)5-7-19(17)24-20/h5-8,11-12,24H,3-4,9-10,13-14H2,1-2H3. The van der Waals surface area contributed by atoms with Gasteiger partial charge in [0.25, 0.3) is 5.56 Å². The van der Waals surface area contributed by atoms with Crippen molar-refractivity contribution >= 4 is 26.8 Å². The summed E-state index contributed by atoms with van der Waals surface area (Å²) in [5, 5.41) is 0.738. The molecule has 32 heavy (non-hydrogen) atoms. The predicted molar refractivity (Wildman–Crippen MR) is 118 cm³/mol. The summed E-state index contributed by atoms with van der Waals surface area (Å²) in [5.74, 6) is -0.651. The van der Waals surface area contributed by atoms with E-state index in [1.165, 1.54) is 34.8 Å². The molecule has 3 heterocycles. The van der Waals surface area contributed by atoms with Gasteiger partial charge in [-0.25, -0.2) is 12.8 Å². The monoisotopic (exact) mass is 460 g/mol. The maximum Gasteiger partial charge on any atom is 0.251 e. The molecule has 8 nitrogen and oxygen atoms in total. The Kier molecular flexibility index (Phi) is 5.91. The molecular weight excluding hydrogens is 435 g/mol. The number of benzene rings is 1. The molecule has 0 radical (unpaired) electrons. The molecule has 0 spiro atoms. The molecule has 0 saturated carbocycles. The minimum Gasteiger partial charge on any atom is -0.358 e. The maximum atomic E-state index is 13.7. The van der Waals surface area contributed by atoms with Crippen LogP contribution in [-0.2, 0) is 34.3 Å². The smallest absolute Gasteiger partial charge is 0.251 e. The first-order chi connectivity index (χ1) is 15.2. The van der Waals surface area contributed by atoms with Gasteiger partial charge in [0.05, 0.1) is 4.90 Å². The highest BCUT2D eigenvalue weighted by molar-refractivity contribution is 7.89. The molecule has 1 N–H and O–H groups in total. The Morgan fingerprint density at radius 1 is 1.19 bits per heavy atom. The van der Waals surface area contributed by atoms with Gasteiger partial charge in [-0.2, -0.15) is 4.31 Å². The summed E-state index contributed by atoms with van der Waals surface area (Å²) in [5.41, 5.74) is 2.20. The van der Waals surface area contributed by atoms with E-state index < -0.39 is 15.6 Å². The summed E-state index contributed by atoms with van der Waals surface area (Å²) in [6.07, 6.45) is 1.81. The van der Waals surface area contributed by atoms with Crippen LogP contribution in [0.1, 0.15) is 25.1 Å². The summed E-state index contributed by atoms with van der Waals surface area (Å²) in [4.78, 5) is 30.2. The third-order valence-electron chi connectivity index (χ3n) is 5.90. The van der Waals surface area contributed by atoms with Crippen molar-refractivity contribution in [3.05, 3.63) is 64.0 Å². The maximum absolute atomic E-state index is 13.7. The lowest BCUT2D eigenvalue weighted by Gasteiger charge is -2.27. The van der Waals surface area contributed by atoms with Gasteiger partial charge in [0.2, 0.25) is 15.9 Å². The van der Waals surface area contributed by atoms with Gasteiger partial charge in [0, 0.05) is 67.0 Å². The zero-order valence-electron chi connectivity index (χ0n) is 18.0. The van der Waals surface area contributed by atoms with Crippen LogP contribution >= 0.6 is 0 Å². The van der Waals surface area contributed by atoms with Gasteiger partial charge < -0.3 is 14.5 Å². The number of aromatic amines is 1. The lowest BCUT2D eigenvalue weighted by atomic mass is 10.0. The van der Waals surface area contributed by atoms with Gasteiger partial charge in [-0.1, -0.05) is 13.8 Å². The number of aromatic nitrogens is 2. The van der Waals surface area contributed by atoms with Gasteiger partial charge in [-0.3, -0.25) is 9.59 Å². The molecule has 0 bridgehead atoms. The molecule has 0 unspecified atom stereocenters. The lowest BCUT2D eigenvalue weighted by Crippen LogP contribution is -2.39.